The molecule has 1 N–H and O–H groups in total. The van der Waals surface area contributed by atoms with E-state index in [1.807, 2.05) is 31.2 Å². The maximum absolute atomic E-state index is 12.7. The number of rotatable bonds is 7. The fourth-order valence-corrected chi connectivity index (χ4v) is 3.85. The highest BCUT2D eigenvalue weighted by Crippen LogP contribution is 2.28. The summed E-state index contributed by atoms with van der Waals surface area (Å²) in [6.07, 6.45) is 1.43. The highest BCUT2D eigenvalue weighted by molar-refractivity contribution is 6.35. The van der Waals surface area contributed by atoms with E-state index >= 15 is 0 Å². The molecule has 1 amide bonds. The normalized spacial score (nSPS) is 11.1. The fraction of sp³-hybridized carbons (Fsp3) is 0.0769. The molecule has 8 heteroatoms. The van der Waals surface area contributed by atoms with Gasteiger partial charge in [0.05, 0.1) is 11.8 Å². The SMILES string of the molecule is Cc1ccc(Cl)cc1-c1ccc(/C=N/NC(=O)c2ccccc2OCc2ccc(Cl)cc2Cl)o1. The highest BCUT2D eigenvalue weighted by atomic mass is 35.5. The Balaban J connectivity index is 1.42. The van der Waals surface area contributed by atoms with Crippen LogP contribution in [0, 0.1) is 6.92 Å². The molecule has 0 spiro atoms. The van der Waals surface area contributed by atoms with Crippen molar-refractivity contribution >= 4 is 46.9 Å². The van der Waals surface area contributed by atoms with Gasteiger partial charge >= 0.3 is 0 Å². The minimum atomic E-state index is -0.425. The van der Waals surface area contributed by atoms with Gasteiger partial charge in [0.25, 0.3) is 5.91 Å². The van der Waals surface area contributed by atoms with Gasteiger partial charge in [0.1, 0.15) is 23.9 Å². The first kappa shape index (κ1) is 23.9. The molecule has 0 saturated carbocycles. The van der Waals surface area contributed by atoms with E-state index in [0.29, 0.717) is 37.9 Å². The van der Waals surface area contributed by atoms with Crippen LogP contribution in [0.2, 0.25) is 15.1 Å². The Morgan fingerprint density at radius 2 is 1.76 bits per heavy atom. The second-order valence-electron chi connectivity index (χ2n) is 7.38. The molecular weight excluding hydrogens is 495 g/mol. The number of amides is 1. The zero-order valence-corrected chi connectivity index (χ0v) is 20.3. The fourth-order valence-electron chi connectivity index (χ4n) is 3.22. The predicted octanol–water partition coefficient (Wildman–Crippen LogP) is 7.56. The molecule has 3 aromatic carbocycles. The van der Waals surface area contributed by atoms with Gasteiger partial charge in [-0.1, -0.05) is 59.1 Å². The second-order valence-corrected chi connectivity index (χ2v) is 8.66. The molecule has 0 radical (unpaired) electrons. The van der Waals surface area contributed by atoms with Crippen molar-refractivity contribution in [1.82, 2.24) is 5.43 Å². The van der Waals surface area contributed by atoms with Crippen molar-refractivity contribution in [1.29, 1.82) is 0 Å². The first-order valence-corrected chi connectivity index (χ1v) is 11.4. The van der Waals surface area contributed by atoms with Crippen molar-refractivity contribution in [2.75, 3.05) is 0 Å². The molecule has 0 aliphatic heterocycles. The third kappa shape index (κ3) is 5.81. The van der Waals surface area contributed by atoms with Gasteiger partial charge in [-0.3, -0.25) is 4.79 Å². The van der Waals surface area contributed by atoms with Gasteiger partial charge in [0, 0.05) is 26.2 Å². The second kappa shape index (κ2) is 10.8. The highest BCUT2D eigenvalue weighted by Gasteiger charge is 2.13. The topological polar surface area (TPSA) is 63.8 Å². The molecule has 0 aliphatic carbocycles. The first-order chi connectivity index (χ1) is 16.4. The summed E-state index contributed by atoms with van der Waals surface area (Å²) < 4.78 is 11.7. The summed E-state index contributed by atoms with van der Waals surface area (Å²) in [7, 11) is 0. The molecule has 34 heavy (non-hydrogen) atoms. The van der Waals surface area contributed by atoms with Crippen molar-refractivity contribution in [2.45, 2.75) is 13.5 Å². The molecule has 0 fully saturated rings. The molecular formula is C26H19Cl3N2O3. The van der Waals surface area contributed by atoms with Crippen molar-refractivity contribution < 1.29 is 13.9 Å². The number of hydrazone groups is 1. The first-order valence-electron chi connectivity index (χ1n) is 10.3. The third-order valence-corrected chi connectivity index (χ3v) is 5.80. The minimum Gasteiger partial charge on any atom is -0.488 e. The van der Waals surface area contributed by atoms with Gasteiger partial charge in [-0.15, -0.1) is 0 Å². The number of benzene rings is 3. The van der Waals surface area contributed by atoms with E-state index in [4.69, 9.17) is 44.0 Å². The summed E-state index contributed by atoms with van der Waals surface area (Å²) >= 11 is 18.2. The number of nitrogens with zero attached hydrogens (tertiary/aromatic N) is 1. The monoisotopic (exact) mass is 512 g/mol. The van der Waals surface area contributed by atoms with Crippen LogP contribution < -0.4 is 10.2 Å². The lowest BCUT2D eigenvalue weighted by Gasteiger charge is -2.11. The van der Waals surface area contributed by atoms with Crippen molar-refractivity contribution in [3.05, 3.63) is 110 Å². The molecule has 4 rings (SSSR count). The van der Waals surface area contributed by atoms with Gasteiger partial charge in [0.2, 0.25) is 0 Å². The number of ether oxygens (including phenoxy) is 1. The van der Waals surface area contributed by atoms with E-state index in [1.165, 1.54) is 6.21 Å². The van der Waals surface area contributed by atoms with Crippen LogP contribution in [0.5, 0.6) is 5.75 Å². The van der Waals surface area contributed by atoms with Crippen LogP contribution in [-0.4, -0.2) is 12.1 Å². The Kier molecular flexibility index (Phi) is 7.58. The summed E-state index contributed by atoms with van der Waals surface area (Å²) in [5, 5.41) is 5.67. The molecule has 0 unspecified atom stereocenters. The Hall–Kier alpha value is -3.25. The average molecular weight is 514 g/mol. The predicted molar refractivity (Wildman–Crippen MR) is 136 cm³/mol. The van der Waals surface area contributed by atoms with Crippen LogP contribution >= 0.6 is 34.8 Å². The third-order valence-electron chi connectivity index (χ3n) is 4.98. The molecule has 172 valence electrons. The van der Waals surface area contributed by atoms with Crippen LogP contribution in [0.4, 0.5) is 0 Å². The summed E-state index contributed by atoms with van der Waals surface area (Å²) in [5.74, 6) is 1.12. The number of hydrogen-bond acceptors (Lipinski definition) is 4. The largest absolute Gasteiger partial charge is 0.488 e. The Morgan fingerprint density at radius 3 is 2.59 bits per heavy atom. The Morgan fingerprint density at radius 1 is 1.00 bits per heavy atom. The number of hydrogen-bond donors (Lipinski definition) is 1. The van der Waals surface area contributed by atoms with E-state index in [9.17, 15) is 4.79 Å². The molecule has 0 saturated heterocycles. The average Bonchev–Trinajstić information content (AvgIpc) is 3.29. The number of nitrogens with one attached hydrogen (secondary N) is 1. The van der Waals surface area contributed by atoms with Gasteiger partial charge in [0.15, 0.2) is 0 Å². The van der Waals surface area contributed by atoms with E-state index in [0.717, 1.165) is 16.7 Å². The number of para-hydroxylation sites is 1. The molecule has 4 aromatic rings. The Bertz CT molecular complexity index is 1370. The van der Waals surface area contributed by atoms with Crippen LogP contribution in [0.1, 0.15) is 27.2 Å². The zero-order valence-electron chi connectivity index (χ0n) is 18.0. The van der Waals surface area contributed by atoms with Crippen molar-refractivity contribution in [3.63, 3.8) is 0 Å². The summed E-state index contributed by atoms with van der Waals surface area (Å²) in [4.78, 5) is 12.7. The van der Waals surface area contributed by atoms with E-state index in [-0.39, 0.29) is 6.61 Å². The summed E-state index contributed by atoms with van der Waals surface area (Å²) in [5.41, 5.74) is 5.51. The van der Waals surface area contributed by atoms with Crippen molar-refractivity contribution in [2.24, 2.45) is 5.10 Å². The lowest BCUT2D eigenvalue weighted by atomic mass is 10.1. The summed E-state index contributed by atoms with van der Waals surface area (Å²) in [6, 6.07) is 21.2. The van der Waals surface area contributed by atoms with Crippen LogP contribution in [-0.2, 0) is 6.61 Å². The van der Waals surface area contributed by atoms with E-state index < -0.39 is 5.91 Å². The molecule has 5 nitrogen and oxygen atoms in total. The van der Waals surface area contributed by atoms with Gasteiger partial charge in [-0.2, -0.15) is 5.10 Å². The summed E-state index contributed by atoms with van der Waals surface area (Å²) in [6.45, 7) is 2.16. The standard InChI is InChI=1S/C26H19Cl3N2O3/c1-16-6-8-18(27)12-22(16)25-11-10-20(34-25)14-30-31-26(32)21-4-2-3-5-24(21)33-15-17-7-9-19(28)13-23(17)29/h2-14H,15H2,1H3,(H,31,32)/b30-14+. The van der Waals surface area contributed by atoms with Crippen LogP contribution in [0.15, 0.2) is 82.3 Å². The minimum absolute atomic E-state index is 0.182. The quantitative estimate of drug-likeness (QED) is 0.205. The van der Waals surface area contributed by atoms with Gasteiger partial charge in [-0.25, -0.2) is 5.43 Å². The molecule has 0 aliphatic rings. The van der Waals surface area contributed by atoms with Crippen LogP contribution in [0.25, 0.3) is 11.3 Å². The van der Waals surface area contributed by atoms with Gasteiger partial charge < -0.3 is 9.15 Å². The number of halogens is 3. The van der Waals surface area contributed by atoms with E-state index in [2.05, 4.69) is 10.5 Å². The lowest BCUT2D eigenvalue weighted by Crippen LogP contribution is -2.18. The number of furan rings is 1. The number of carbonyl (C=O) groups excluding carboxylic acids is 1. The van der Waals surface area contributed by atoms with Crippen LogP contribution in [0.3, 0.4) is 0 Å². The molecule has 0 bridgehead atoms. The Labute approximate surface area is 211 Å². The smallest absolute Gasteiger partial charge is 0.275 e. The lowest BCUT2D eigenvalue weighted by molar-refractivity contribution is 0.0950. The number of aryl methyl sites for hydroxylation is 1. The molecule has 1 heterocycles. The number of carbonyl (C=O) groups is 1. The maximum atomic E-state index is 12.7. The zero-order chi connectivity index (χ0) is 24.1. The van der Waals surface area contributed by atoms with Gasteiger partial charge in [-0.05, 0) is 61.0 Å². The van der Waals surface area contributed by atoms with E-state index in [1.54, 1.807) is 48.5 Å². The maximum Gasteiger partial charge on any atom is 0.275 e. The molecule has 1 aromatic heterocycles. The molecule has 0 atom stereocenters. The van der Waals surface area contributed by atoms with Crippen molar-refractivity contribution in [3.8, 4) is 17.1 Å².